The highest BCUT2D eigenvalue weighted by atomic mass is 35.5. The van der Waals surface area contributed by atoms with E-state index in [0.29, 0.717) is 33.3 Å². The number of hydrazine groups is 1. The van der Waals surface area contributed by atoms with Gasteiger partial charge in [0.05, 0.1) is 16.8 Å². The van der Waals surface area contributed by atoms with Crippen molar-refractivity contribution < 1.29 is 9.18 Å². The molecule has 2 unspecified atom stereocenters. The number of carbonyl (C=O) groups excluding carboxylic acids is 1. The molecule has 168 valence electrons. The van der Waals surface area contributed by atoms with Crippen LogP contribution in [0, 0.1) is 23.6 Å². The van der Waals surface area contributed by atoms with Crippen LogP contribution < -0.4 is 10.4 Å². The Hall–Kier alpha value is -2.15. The zero-order valence-electron chi connectivity index (χ0n) is 17.8. The molecule has 2 aliphatic heterocycles. The maximum absolute atomic E-state index is 13.6. The van der Waals surface area contributed by atoms with E-state index in [2.05, 4.69) is 5.43 Å². The average molecular weight is 475 g/mol. The Morgan fingerprint density at radius 1 is 1.09 bits per heavy atom. The molecule has 1 aliphatic carbocycles. The van der Waals surface area contributed by atoms with Crippen LogP contribution in [0.4, 0.5) is 10.1 Å². The van der Waals surface area contributed by atoms with Gasteiger partial charge in [-0.1, -0.05) is 48.7 Å². The molecule has 3 aliphatic rings. The number of benzene rings is 2. The summed E-state index contributed by atoms with van der Waals surface area (Å²) in [5.74, 6) is 0.615. The van der Waals surface area contributed by atoms with E-state index in [1.807, 2.05) is 11.9 Å². The predicted molar refractivity (Wildman–Crippen MR) is 125 cm³/mol. The minimum absolute atomic E-state index is 0.197. The van der Waals surface area contributed by atoms with Crippen LogP contribution in [-0.4, -0.2) is 29.7 Å². The number of anilines is 1. The Morgan fingerprint density at radius 2 is 1.78 bits per heavy atom. The van der Waals surface area contributed by atoms with E-state index >= 15 is 0 Å². The zero-order chi connectivity index (χ0) is 22.4. The van der Waals surface area contributed by atoms with Gasteiger partial charge in [0.25, 0.3) is 5.91 Å². The fraction of sp³-hybridized carbons (Fsp3) is 0.417. The summed E-state index contributed by atoms with van der Waals surface area (Å²) in [5, 5.41) is 9.47. The maximum atomic E-state index is 13.6. The van der Waals surface area contributed by atoms with Gasteiger partial charge in [-0.3, -0.25) is 15.2 Å². The molecule has 2 fully saturated rings. The molecule has 5 nitrogen and oxygen atoms in total. The quantitative estimate of drug-likeness (QED) is 0.640. The zero-order valence-corrected chi connectivity index (χ0v) is 19.3. The largest absolute Gasteiger partial charge is 0.284 e. The van der Waals surface area contributed by atoms with Crippen LogP contribution in [0.3, 0.4) is 0 Å². The van der Waals surface area contributed by atoms with Gasteiger partial charge in [-0.25, -0.2) is 9.40 Å². The molecule has 0 bridgehead atoms. The Bertz CT molecular complexity index is 1050. The number of rotatable bonds is 4. The molecule has 2 heterocycles. The number of halogens is 3. The molecular formula is C24H25Cl2FN4O. The van der Waals surface area contributed by atoms with Gasteiger partial charge < -0.3 is 0 Å². The second kappa shape index (κ2) is 8.65. The summed E-state index contributed by atoms with van der Waals surface area (Å²) >= 11 is 12.6. The second-order valence-corrected chi connectivity index (χ2v) is 9.85. The van der Waals surface area contributed by atoms with Gasteiger partial charge in [0.2, 0.25) is 0 Å². The minimum Gasteiger partial charge on any atom is -0.284 e. The second-order valence-electron chi connectivity index (χ2n) is 9.01. The number of fused-ring (bicyclic) bond motifs is 1. The van der Waals surface area contributed by atoms with Crippen molar-refractivity contribution in [3.63, 3.8) is 0 Å². The Kier molecular flexibility index (Phi) is 5.86. The standard InChI is InChI=1S/C24H25Cl2FN4O/c1-14-22(24(32)29-30-12-16-3-2-4-17(16)13-30)28-31(21-10-7-18(25)11-20(21)26)23(14)15-5-8-19(27)9-6-15/h5-11,14,16-17,23H,2-4,12-13H2,1H3,(H,29,32)/t14-,16?,17?,23-/m0/s1. The number of hydrogen-bond acceptors (Lipinski definition) is 4. The van der Waals surface area contributed by atoms with Gasteiger partial charge in [-0.2, -0.15) is 5.10 Å². The summed E-state index contributed by atoms with van der Waals surface area (Å²) in [6, 6.07) is 11.2. The van der Waals surface area contributed by atoms with Crippen LogP contribution in [0.1, 0.15) is 37.8 Å². The van der Waals surface area contributed by atoms with Crippen LogP contribution >= 0.6 is 23.2 Å². The molecule has 0 aromatic heterocycles. The van der Waals surface area contributed by atoms with Gasteiger partial charge in [-0.15, -0.1) is 0 Å². The molecule has 4 atom stereocenters. The molecule has 0 radical (unpaired) electrons. The number of amides is 1. The van der Waals surface area contributed by atoms with Crippen LogP contribution in [0.5, 0.6) is 0 Å². The number of nitrogens with zero attached hydrogens (tertiary/aromatic N) is 3. The van der Waals surface area contributed by atoms with E-state index in [9.17, 15) is 9.18 Å². The first-order valence-electron chi connectivity index (χ1n) is 11.0. The minimum atomic E-state index is -0.311. The predicted octanol–water partition coefficient (Wildman–Crippen LogP) is 5.45. The van der Waals surface area contributed by atoms with Crippen molar-refractivity contribution >= 4 is 40.5 Å². The van der Waals surface area contributed by atoms with Crippen molar-refractivity contribution in [2.45, 2.75) is 32.2 Å². The molecule has 2 aromatic carbocycles. The maximum Gasteiger partial charge on any atom is 0.282 e. The fourth-order valence-electron chi connectivity index (χ4n) is 5.37. The SMILES string of the molecule is C[C@H]1C(C(=O)NN2CC3CCCC3C2)=NN(c2ccc(Cl)cc2Cl)[C@@H]1c1ccc(F)cc1. The highest BCUT2D eigenvalue weighted by molar-refractivity contribution is 6.41. The Labute approximate surface area is 197 Å². The molecule has 1 saturated carbocycles. The monoisotopic (exact) mass is 474 g/mol. The highest BCUT2D eigenvalue weighted by Crippen LogP contribution is 2.42. The number of hydrogen-bond donors (Lipinski definition) is 1. The van der Waals surface area contributed by atoms with E-state index in [0.717, 1.165) is 18.7 Å². The first kappa shape index (κ1) is 21.7. The molecule has 2 aromatic rings. The molecular weight excluding hydrogens is 450 g/mol. The first-order chi connectivity index (χ1) is 15.4. The van der Waals surface area contributed by atoms with Crippen molar-refractivity contribution in [3.05, 3.63) is 63.9 Å². The summed E-state index contributed by atoms with van der Waals surface area (Å²) < 4.78 is 13.6. The van der Waals surface area contributed by atoms with Crippen molar-refractivity contribution in [1.82, 2.24) is 10.4 Å². The highest BCUT2D eigenvalue weighted by Gasteiger charge is 2.42. The lowest BCUT2D eigenvalue weighted by Gasteiger charge is -2.27. The summed E-state index contributed by atoms with van der Waals surface area (Å²) in [7, 11) is 0. The van der Waals surface area contributed by atoms with Gasteiger partial charge in [0.1, 0.15) is 11.5 Å². The van der Waals surface area contributed by atoms with Gasteiger partial charge in [0, 0.05) is 24.0 Å². The summed E-state index contributed by atoms with van der Waals surface area (Å²) in [6.45, 7) is 3.76. The summed E-state index contributed by atoms with van der Waals surface area (Å²) in [5.41, 5.74) is 5.02. The van der Waals surface area contributed by atoms with Crippen LogP contribution in [0.2, 0.25) is 10.0 Å². The fourth-order valence-corrected chi connectivity index (χ4v) is 5.87. The van der Waals surface area contributed by atoms with Crippen molar-refractivity contribution in [1.29, 1.82) is 0 Å². The van der Waals surface area contributed by atoms with E-state index in [1.165, 1.54) is 31.4 Å². The molecule has 0 spiro atoms. The lowest BCUT2D eigenvalue weighted by atomic mass is 9.91. The van der Waals surface area contributed by atoms with Crippen LogP contribution in [0.25, 0.3) is 0 Å². The lowest BCUT2D eigenvalue weighted by molar-refractivity contribution is -0.119. The van der Waals surface area contributed by atoms with Crippen molar-refractivity contribution in [3.8, 4) is 0 Å². The molecule has 8 heteroatoms. The van der Waals surface area contributed by atoms with E-state index in [4.69, 9.17) is 28.3 Å². The van der Waals surface area contributed by atoms with Crippen LogP contribution in [-0.2, 0) is 4.79 Å². The molecule has 1 amide bonds. The molecule has 1 saturated heterocycles. The van der Waals surface area contributed by atoms with Crippen molar-refractivity contribution in [2.75, 3.05) is 18.1 Å². The topological polar surface area (TPSA) is 47.9 Å². The van der Waals surface area contributed by atoms with Crippen molar-refractivity contribution in [2.24, 2.45) is 22.9 Å². The van der Waals surface area contributed by atoms with Crippen LogP contribution in [0.15, 0.2) is 47.6 Å². The first-order valence-corrected chi connectivity index (χ1v) is 11.8. The summed E-state index contributed by atoms with van der Waals surface area (Å²) in [4.78, 5) is 13.3. The van der Waals surface area contributed by atoms with Gasteiger partial charge >= 0.3 is 0 Å². The molecule has 32 heavy (non-hydrogen) atoms. The summed E-state index contributed by atoms with van der Waals surface area (Å²) in [6.07, 6.45) is 3.77. The van der Waals surface area contributed by atoms with Gasteiger partial charge in [-0.05, 0) is 60.6 Å². The lowest BCUT2D eigenvalue weighted by Crippen LogP contribution is -2.45. The number of nitrogens with one attached hydrogen (secondary N) is 1. The van der Waals surface area contributed by atoms with Gasteiger partial charge in [0.15, 0.2) is 0 Å². The van der Waals surface area contributed by atoms with E-state index in [-0.39, 0.29) is 23.7 Å². The number of hydrazone groups is 1. The third-order valence-corrected chi connectivity index (χ3v) is 7.51. The van der Waals surface area contributed by atoms with E-state index < -0.39 is 0 Å². The number of carbonyl (C=O) groups is 1. The normalized spacial score (nSPS) is 27.5. The third kappa shape index (κ3) is 4.00. The average Bonchev–Trinajstić information content (AvgIpc) is 3.42. The molecule has 5 rings (SSSR count). The molecule has 1 N–H and O–H groups in total. The van der Waals surface area contributed by atoms with E-state index in [1.54, 1.807) is 35.3 Å². The smallest absolute Gasteiger partial charge is 0.282 e. The third-order valence-electron chi connectivity index (χ3n) is 6.97. The Morgan fingerprint density at radius 3 is 2.44 bits per heavy atom. The Balaban J connectivity index is 1.44.